The van der Waals surface area contributed by atoms with E-state index in [-0.39, 0.29) is 36.4 Å². The first kappa shape index (κ1) is 31.2. The van der Waals surface area contributed by atoms with Gasteiger partial charge in [-0.25, -0.2) is 17.8 Å². The minimum atomic E-state index is -4.93. The van der Waals surface area contributed by atoms with Gasteiger partial charge in [0.25, 0.3) is 10.0 Å². The Balaban J connectivity index is 1.66. The molecule has 0 bridgehead atoms. The van der Waals surface area contributed by atoms with Gasteiger partial charge in [0.2, 0.25) is 5.88 Å². The lowest BCUT2D eigenvalue weighted by Gasteiger charge is -2.49. The third-order valence-electron chi connectivity index (χ3n) is 7.19. The third-order valence-corrected chi connectivity index (χ3v) is 8.97. The number of benzene rings is 2. The molecular formula is C27H24F6N4O6S. The molecule has 0 spiro atoms. The Morgan fingerprint density at radius 2 is 1.82 bits per heavy atom. The number of carboxylic acids is 1. The van der Waals surface area contributed by atoms with E-state index in [0.29, 0.717) is 31.0 Å². The number of nitrogens with zero attached hydrogens (tertiary/aromatic N) is 4. The third kappa shape index (κ3) is 6.19. The average molecular weight is 647 g/mol. The van der Waals surface area contributed by atoms with Crippen molar-refractivity contribution in [3.8, 4) is 22.8 Å². The number of anilines is 2. The molecule has 1 atom stereocenters. The Morgan fingerprint density at radius 1 is 1.07 bits per heavy atom. The van der Waals surface area contributed by atoms with E-state index in [0.717, 1.165) is 29.6 Å². The highest BCUT2D eigenvalue weighted by Crippen LogP contribution is 2.44. The summed E-state index contributed by atoms with van der Waals surface area (Å²) in [5, 5.41) is 9.27. The van der Waals surface area contributed by atoms with Crippen molar-refractivity contribution in [2.45, 2.75) is 23.7 Å². The van der Waals surface area contributed by atoms with Crippen molar-refractivity contribution in [1.82, 2.24) is 9.88 Å². The summed E-state index contributed by atoms with van der Waals surface area (Å²) in [4.78, 5) is 17.5. The molecule has 3 heterocycles. The van der Waals surface area contributed by atoms with Gasteiger partial charge in [-0.1, -0.05) is 6.07 Å². The second-order valence-corrected chi connectivity index (χ2v) is 11.8. The van der Waals surface area contributed by atoms with Crippen LogP contribution < -0.4 is 18.7 Å². The van der Waals surface area contributed by atoms with Crippen LogP contribution in [0.15, 0.2) is 53.6 Å². The molecule has 1 saturated heterocycles. The number of piperazine rings is 1. The quantitative estimate of drug-likeness (QED) is 0.358. The minimum Gasteiger partial charge on any atom is -0.480 e. The number of hydrogen-bond acceptors (Lipinski definition) is 8. The first-order valence-electron chi connectivity index (χ1n) is 12.9. The molecule has 0 unspecified atom stereocenters. The highest BCUT2D eigenvalue weighted by molar-refractivity contribution is 7.93. The van der Waals surface area contributed by atoms with Crippen LogP contribution in [-0.4, -0.2) is 81.9 Å². The molecule has 10 nitrogen and oxygen atoms in total. The van der Waals surface area contributed by atoms with Gasteiger partial charge in [0.15, 0.2) is 4.90 Å². The molecule has 44 heavy (non-hydrogen) atoms. The zero-order valence-electron chi connectivity index (χ0n) is 22.8. The lowest BCUT2D eigenvalue weighted by Crippen LogP contribution is -2.61. The van der Waals surface area contributed by atoms with Crippen LogP contribution in [0.25, 0.3) is 11.1 Å². The predicted octanol–water partition coefficient (Wildman–Crippen LogP) is 4.30. The number of alkyl halides is 5. The number of hydrogen-bond donors (Lipinski definition) is 1. The van der Waals surface area contributed by atoms with E-state index in [2.05, 4.69) is 9.72 Å². The van der Waals surface area contributed by atoms with E-state index in [1.807, 2.05) is 4.90 Å². The number of rotatable bonds is 8. The van der Waals surface area contributed by atoms with Gasteiger partial charge >= 0.3 is 18.8 Å². The number of carbonyl (C=O) groups is 1. The standard InChI is InChI=1S/C27H24F6N4O6S/c1-42-25-23(9-17(11-34-25)27(31,32)33)44(40,41)37-13-19-12-35(14-24(38)39)4-5-36(19)21-3-2-15(8-22(21)37)16-6-18(28)10-20(7-16)43-26(29)30/h2-3,6-11,19,26H,4-5,12-14H2,1H3,(H,38,39)/t19-/m0/s1. The molecule has 1 N–H and O–H groups in total. The number of ether oxygens (including phenoxy) is 2. The number of halogens is 6. The van der Waals surface area contributed by atoms with Crippen LogP contribution in [0.3, 0.4) is 0 Å². The summed E-state index contributed by atoms with van der Waals surface area (Å²) >= 11 is 0. The van der Waals surface area contributed by atoms with E-state index >= 15 is 0 Å². The Kier molecular flexibility index (Phi) is 8.28. The Bertz CT molecular complexity index is 1690. The normalized spacial score (nSPS) is 17.3. The summed E-state index contributed by atoms with van der Waals surface area (Å²) in [6.45, 7) is -3.12. The second-order valence-electron chi connectivity index (χ2n) is 10.00. The maximum Gasteiger partial charge on any atom is 0.417 e. The van der Waals surface area contributed by atoms with Gasteiger partial charge in [-0.05, 0) is 41.5 Å². The van der Waals surface area contributed by atoms with Crippen LogP contribution in [0.4, 0.5) is 37.7 Å². The average Bonchev–Trinajstić information content (AvgIpc) is 2.94. The predicted molar refractivity (Wildman–Crippen MR) is 144 cm³/mol. The highest BCUT2D eigenvalue weighted by Gasteiger charge is 2.42. The fourth-order valence-corrected chi connectivity index (χ4v) is 6.98. The number of sulfonamides is 1. The topological polar surface area (TPSA) is 113 Å². The maximum atomic E-state index is 14.4. The van der Waals surface area contributed by atoms with Gasteiger partial charge < -0.3 is 19.5 Å². The maximum absolute atomic E-state index is 14.4. The van der Waals surface area contributed by atoms with Crippen LogP contribution in [0.5, 0.6) is 11.6 Å². The summed E-state index contributed by atoms with van der Waals surface area (Å²) in [5.41, 5.74) is -0.721. The molecule has 5 rings (SSSR count). The monoisotopic (exact) mass is 646 g/mol. The fourth-order valence-electron chi connectivity index (χ4n) is 5.34. The molecule has 236 valence electrons. The molecule has 1 aromatic heterocycles. The van der Waals surface area contributed by atoms with Crippen LogP contribution in [0.2, 0.25) is 0 Å². The molecule has 2 aliphatic heterocycles. The zero-order chi connectivity index (χ0) is 32.0. The summed E-state index contributed by atoms with van der Waals surface area (Å²) in [6.07, 6.45) is -4.49. The van der Waals surface area contributed by atoms with Gasteiger partial charge in [0.1, 0.15) is 11.6 Å². The second kappa shape index (κ2) is 11.7. The minimum absolute atomic E-state index is 0.00508. The van der Waals surface area contributed by atoms with Gasteiger partial charge in [-0.15, -0.1) is 0 Å². The summed E-state index contributed by atoms with van der Waals surface area (Å²) in [7, 11) is -3.79. The molecule has 0 amide bonds. The molecular weight excluding hydrogens is 622 g/mol. The Hall–Kier alpha value is -4.25. The van der Waals surface area contributed by atoms with Crippen molar-refractivity contribution in [3.63, 3.8) is 0 Å². The first-order valence-corrected chi connectivity index (χ1v) is 14.4. The molecule has 2 aromatic carbocycles. The zero-order valence-corrected chi connectivity index (χ0v) is 23.6. The van der Waals surface area contributed by atoms with Gasteiger partial charge in [-0.3, -0.25) is 14.0 Å². The molecule has 0 saturated carbocycles. The highest BCUT2D eigenvalue weighted by atomic mass is 32.2. The molecule has 1 fully saturated rings. The van der Waals surface area contributed by atoms with E-state index in [1.165, 1.54) is 18.2 Å². The summed E-state index contributed by atoms with van der Waals surface area (Å²) in [5.74, 6) is -3.07. The van der Waals surface area contributed by atoms with Crippen molar-refractivity contribution >= 4 is 27.4 Å². The lowest BCUT2D eigenvalue weighted by atomic mass is 10.00. The number of aromatic nitrogens is 1. The fraction of sp³-hybridized carbons (Fsp3) is 0.333. The van der Waals surface area contributed by atoms with Crippen molar-refractivity contribution < 1.29 is 54.1 Å². The SMILES string of the molecule is COc1ncc(C(F)(F)F)cc1S(=O)(=O)N1C[C@@H]2CN(CC(=O)O)CCN2c2ccc(-c3cc(F)cc(OC(F)F)c3)cc21. The first-order chi connectivity index (χ1) is 20.7. The van der Waals surface area contributed by atoms with Crippen LogP contribution in [0, 0.1) is 5.82 Å². The lowest BCUT2D eigenvalue weighted by molar-refractivity contribution is -0.139. The molecule has 0 aliphatic carbocycles. The van der Waals surface area contributed by atoms with Gasteiger partial charge in [0, 0.05) is 31.9 Å². The Labute approximate surface area is 247 Å². The van der Waals surface area contributed by atoms with Gasteiger partial charge in [-0.2, -0.15) is 22.0 Å². The van der Waals surface area contributed by atoms with Crippen molar-refractivity contribution in [3.05, 3.63) is 60.0 Å². The molecule has 2 aliphatic rings. The molecule has 3 aromatic rings. The van der Waals surface area contributed by atoms with Crippen LogP contribution in [-0.2, 0) is 21.0 Å². The number of carboxylic acid groups (broad SMARTS) is 1. The van der Waals surface area contributed by atoms with Crippen molar-refractivity contribution in [2.24, 2.45) is 0 Å². The van der Waals surface area contributed by atoms with Crippen LogP contribution in [0.1, 0.15) is 5.56 Å². The summed E-state index contributed by atoms with van der Waals surface area (Å²) < 4.78 is 119. The van der Waals surface area contributed by atoms with Gasteiger partial charge in [0.05, 0.1) is 43.2 Å². The van der Waals surface area contributed by atoms with Crippen molar-refractivity contribution in [2.75, 3.05) is 49.0 Å². The van der Waals surface area contributed by atoms with E-state index in [9.17, 15) is 44.7 Å². The molecule has 17 heteroatoms. The molecule has 0 radical (unpaired) electrons. The smallest absolute Gasteiger partial charge is 0.417 e. The largest absolute Gasteiger partial charge is 0.480 e. The number of methoxy groups -OCH3 is 1. The Morgan fingerprint density at radius 3 is 2.48 bits per heavy atom. The van der Waals surface area contributed by atoms with E-state index in [1.54, 1.807) is 4.90 Å². The number of pyridine rings is 1. The van der Waals surface area contributed by atoms with Crippen molar-refractivity contribution in [1.29, 1.82) is 0 Å². The van der Waals surface area contributed by atoms with E-state index < -0.39 is 62.7 Å². The van der Waals surface area contributed by atoms with E-state index in [4.69, 9.17) is 4.74 Å². The summed E-state index contributed by atoms with van der Waals surface area (Å²) in [6, 6.07) is 7.08. The number of fused-ring (bicyclic) bond motifs is 3. The number of aliphatic carboxylic acids is 1. The van der Waals surface area contributed by atoms with Crippen LogP contribution >= 0.6 is 0 Å².